The van der Waals surface area contributed by atoms with Gasteiger partial charge in [-0.05, 0) is 42.0 Å². The number of carbonyl (C=O) groups is 2. The molecule has 3 aromatic rings. The van der Waals surface area contributed by atoms with Crippen molar-refractivity contribution >= 4 is 11.8 Å². The van der Waals surface area contributed by atoms with Gasteiger partial charge in [-0.15, -0.1) is 0 Å². The largest absolute Gasteiger partial charge is 0.438 e. The van der Waals surface area contributed by atoms with Crippen LogP contribution < -0.4 is 15.4 Å². The molecule has 0 aliphatic heterocycles. The summed E-state index contributed by atoms with van der Waals surface area (Å²) in [6.45, 7) is 0.633. The highest BCUT2D eigenvalue weighted by molar-refractivity contribution is 5.96. The van der Waals surface area contributed by atoms with Gasteiger partial charge in [0.1, 0.15) is 11.3 Å². The van der Waals surface area contributed by atoms with E-state index in [-0.39, 0.29) is 30.7 Å². The maximum atomic E-state index is 12.4. The fraction of sp³-hybridized carbons (Fsp3) is 0.143. The molecule has 1 aromatic carbocycles. The van der Waals surface area contributed by atoms with Crippen molar-refractivity contribution in [3.63, 3.8) is 0 Å². The van der Waals surface area contributed by atoms with Crippen LogP contribution in [0.2, 0.25) is 0 Å². The molecule has 0 unspecified atom stereocenters. The quantitative estimate of drug-likeness (QED) is 0.630. The van der Waals surface area contributed by atoms with Gasteiger partial charge in [0.15, 0.2) is 0 Å². The maximum Gasteiger partial charge on any atom is 0.256 e. The number of nitrogens with one attached hydrogen (secondary N) is 2. The van der Waals surface area contributed by atoms with Crippen LogP contribution >= 0.6 is 0 Å². The minimum atomic E-state index is -0.346. The number of rotatable bonds is 8. The molecule has 28 heavy (non-hydrogen) atoms. The van der Waals surface area contributed by atoms with Crippen molar-refractivity contribution < 1.29 is 14.3 Å². The molecular formula is C21H20N4O3. The van der Waals surface area contributed by atoms with Gasteiger partial charge in [-0.2, -0.15) is 0 Å². The molecule has 0 saturated heterocycles. The fourth-order valence-corrected chi connectivity index (χ4v) is 2.42. The van der Waals surface area contributed by atoms with Crippen LogP contribution in [0.4, 0.5) is 0 Å². The van der Waals surface area contributed by atoms with Crippen LogP contribution in [-0.2, 0) is 11.3 Å². The Morgan fingerprint density at radius 2 is 1.68 bits per heavy atom. The third-order valence-electron chi connectivity index (χ3n) is 3.85. The fourth-order valence-electron chi connectivity index (χ4n) is 2.42. The van der Waals surface area contributed by atoms with Crippen molar-refractivity contribution in [1.29, 1.82) is 0 Å². The lowest BCUT2D eigenvalue weighted by Crippen LogP contribution is -2.30. The van der Waals surface area contributed by atoms with Crippen molar-refractivity contribution in [3.05, 3.63) is 84.3 Å². The highest BCUT2D eigenvalue weighted by Crippen LogP contribution is 2.22. The molecule has 0 radical (unpaired) electrons. The predicted molar refractivity (Wildman–Crippen MR) is 104 cm³/mol. The van der Waals surface area contributed by atoms with E-state index in [1.165, 1.54) is 0 Å². The van der Waals surface area contributed by atoms with Crippen LogP contribution in [0.3, 0.4) is 0 Å². The van der Waals surface area contributed by atoms with Gasteiger partial charge in [0.25, 0.3) is 5.91 Å². The first kappa shape index (κ1) is 19.0. The summed E-state index contributed by atoms with van der Waals surface area (Å²) in [6, 6.07) is 16.1. The molecule has 0 atom stereocenters. The van der Waals surface area contributed by atoms with Gasteiger partial charge in [0.05, 0.1) is 0 Å². The van der Waals surface area contributed by atoms with E-state index >= 15 is 0 Å². The summed E-state index contributed by atoms with van der Waals surface area (Å²) in [5.74, 6) is 0.309. The van der Waals surface area contributed by atoms with Crippen molar-refractivity contribution in [2.75, 3.05) is 6.54 Å². The van der Waals surface area contributed by atoms with E-state index < -0.39 is 0 Å². The van der Waals surface area contributed by atoms with E-state index in [1.807, 2.05) is 30.3 Å². The van der Waals surface area contributed by atoms with E-state index in [0.29, 0.717) is 17.9 Å². The van der Waals surface area contributed by atoms with Crippen molar-refractivity contribution in [3.8, 4) is 11.6 Å². The number of ether oxygens (including phenoxy) is 1. The van der Waals surface area contributed by atoms with E-state index in [2.05, 4.69) is 20.6 Å². The number of hydrogen-bond donors (Lipinski definition) is 2. The van der Waals surface area contributed by atoms with Crippen LogP contribution in [0.15, 0.2) is 73.2 Å². The Labute approximate surface area is 162 Å². The van der Waals surface area contributed by atoms with Gasteiger partial charge >= 0.3 is 0 Å². The number of carbonyl (C=O) groups excluding carboxylic acids is 2. The molecule has 0 bridgehead atoms. The van der Waals surface area contributed by atoms with E-state index in [4.69, 9.17) is 4.74 Å². The molecule has 2 N–H and O–H groups in total. The zero-order valence-corrected chi connectivity index (χ0v) is 15.2. The number of pyridine rings is 2. The molecule has 2 heterocycles. The minimum Gasteiger partial charge on any atom is -0.438 e. The summed E-state index contributed by atoms with van der Waals surface area (Å²) in [6.07, 6.45) is 5.07. The monoisotopic (exact) mass is 376 g/mol. The van der Waals surface area contributed by atoms with Crippen molar-refractivity contribution in [1.82, 2.24) is 20.6 Å². The van der Waals surface area contributed by atoms with Crippen LogP contribution in [0.5, 0.6) is 11.6 Å². The molecule has 142 valence electrons. The number of hydrogen-bond acceptors (Lipinski definition) is 5. The molecule has 0 fully saturated rings. The van der Waals surface area contributed by atoms with Gasteiger partial charge in [-0.3, -0.25) is 14.6 Å². The molecular weight excluding hydrogens is 356 g/mol. The van der Waals surface area contributed by atoms with E-state index in [0.717, 1.165) is 5.56 Å². The number of nitrogens with zero attached hydrogens (tertiary/aromatic N) is 2. The summed E-state index contributed by atoms with van der Waals surface area (Å²) in [4.78, 5) is 32.4. The Balaban J connectivity index is 1.49. The van der Waals surface area contributed by atoms with Crippen LogP contribution in [0.1, 0.15) is 22.3 Å². The first-order chi connectivity index (χ1) is 13.7. The number of benzene rings is 1. The maximum absolute atomic E-state index is 12.4. The SMILES string of the molecule is O=C(CCNC(=O)c1cccnc1Oc1ccccc1)NCc1ccncc1. The lowest BCUT2D eigenvalue weighted by Gasteiger charge is -2.10. The number of para-hydroxylation sites is 1. The topological polar surface area (TPSA) is 93.2 Å². The lowest BCUT2D eigenvalue weighted by atomic mass is 10.2. The summed E-state index contributed by atoms with van der Waals surface area (Å²) < 4.78 is 5.69. The predicted octanol–water partition coefficient (Wildman–Crippen LogP) is 2.71. The first-order valence-electron chi connectivity index (χ1n) is 8.84. The first-order valence-corrected chi connectivity index (χ1v) is 8.84. The van der Waals surface area contributed by atoms with E-state index in [9.17, 15) is 9.59 Å². The third-order valence-corrected chi connectivity index (χ3v) is 3.85. The Kier molecular flexibility index (Phi) is 6.67. The van der Waals surface area contributed by atoms with Gasteiger partial charge in [0, 0.05) is 38.1 Å². The normalized spacial score (nSPS) is 10.1. The highest BCUT2D eigenvalue weighted by atomic mass is 16.5. The molecule has 0 spiro atoms. The summed E-state index contributed by atoms with van der Waals surface area (Å²) in [5.41, 5.74) is 1.27. The minimum absolute atomic E-state index is 0.149. The molecule has 0 aliphatic carbocycles. The van der Waals surface area contributed by atoms with Gasteiger partial charge in [-0.25, -0.2) is 4.98 Å². The second-order valence-corrected chi connectivity index (χ2v) is 5.91. The standard InChI is InChI=1S/C21H20N4O3/c26-19(25-15-16-8-12-22-13-9-16)10-14-23-20(27)18-7-4-11-24-21(18)28-17-5-2-1-3-6-17/h1-9,11-13H,10,14-15H2,(H,23,27)(H,25,26). The Bertz CT molecular complexity index is 917. The summed E-state index contributed by atoms with van der Waals surface area (Å²) in [7, 11) is 0. The molecule has 7 nitrogen and oxygen atoms in total. The second-order valence-electron chi connectivity index (χ2n) is 5.91. The lowest BCUT2D eigenvalue weighted by molar-refractivity contribution is -0.121. The molecule has 3 rings (SSSR count). The number of aromatic nitrogens is 2. The summed E-state index contributed by atoms with van der Waals surface area (Å²) in [5, 5.41) is 5.53. The molecule has 0 aliphatic rings. The smallest absolute Gasteiger partial charge is 0.256 e. The third kappa shape index (κ3) is 5.63. The average Bonchev–Trinajstić information content (AvgIpc) is 2.74. The Morgan fingerprint density at radius 1 is 0.893 bits per heavy atom. The average molecular weight is 376 g/mol. The van der Waals surface area contributed by atoms with Gasteiger partial charge in [0.2, 0.25) is 11.8 Å². The molecule has 2 aromatic heterocycles. The van der Waals surface area contributed by atoms with E-state index in [1.54, 1.807) is 42.9 Å². The zero-order chi connectivity index (χ0) is 19.6. The molecule has 0 saturated carbocycles. The van der Waals surface area contributed by atoms with Crippen LogP contribution in [0, 0.1) is 0 Å². The molecule has 7 heteroatoms. The van der Waals surface area contributed by atoms with Gasteiger partial charge < -0.3 is 15.4 Å². The van der Waals surface area contributed by atoms with Crippen molar-refractivity contribution in [2.24, 2.45) is 0 Å². The van der Waals surface area contributed by atoms with Crippen molar-refractivity contribution in [2.45, 2.75) is 13.0 Å². The molecule has 2 amide bonds. The Morgan fingerprint density at radius 3 is 2.46 bits per heavy atom. The number of amides is 2. The Hall–Kier alpha value is -3.74. The zero-order valence-electron chi connectivity index (χ0n) is 15.2. The second kappa shape index (κ2) is 9.82. The van der Waals surface area contributed by atoms with Crippen LogP contribution in [0.25, 0.3) is 0 Å². The highest BCUT2D eigenvalue weighted by Gasteiger charge is 2.14. The summed E-state index contributed by atoms with van der Waals surface area (Å²) >= 11 is 0. The van der Waals surface area contributed by atoms with Crippen LogP contribution in [-0.4, -0.2) is 28.3 Å². The van der Waals surface area contributed by atoms with Gasteiger partial charge in [-0.1, -0.05) is 18.2 Å².